The highest BCUT2D eigenvalue weighted by atomic mass is 16.5. The highest BCUT2D eigenvalue weighted by Gasteiger charge is 2.18. The molecule has 1 aromatic heterocycles. The second-order valence-electron chi connectivity index (χ2n) is 5.45. The van der Waals surface area contributed by atoms with E-state index in [1.807, 2.05) is 12.1 Å². The highest BCUT2D eigenvalue weighted by molar-refractivity contribution is 5.87. The number of rotatable bonds is 2. The van der Waals surface area contributed by atoms with E-state index in [2.05, 4.69) is 56.3 Å². The van der Waals surface area contributed by atoms with Crippen LogP contribution in [0.4, 0.5) is 5.88 Å². The minimum atomic E-state index is 0.355. The molecule has 0 aliphatic carbocycles. The Labute approximate surface area is 124 Å². The molecule has 3 aromatic rings. The number of benzene rings is 2. The monoisotopic (exact) mass is 278 g/mol. The van der Waals surface area contributed by atoms with Gasteiger partial charge in [0.15, 0.2) is 0 Å². The van der Waals surface area contributed by atoms with E-state index in [9.17, 15) is 0 Å². The van der Waals surface area contributed by atoms with Crippen molar-refractivity contribution in [2.45, 2.75) is 20.8 Å². The quantitative estimate of drug-likeness (QED) is 0.750. The summed E-state index contributed by atoms with van der Waals surface area (Å²) in [5, 5.41) is 4.18. The van der Waals surface area contributed by atoms with E-state index in [-0.39, 0.29) is 0 Å². The number of nitrogens with zero attached hydrogens (tertiary/aromatic N) is 1. The Morgan fingerprint density at radius 3 is 2.24 bits per heavy atom. The molecule has 0 saturated carbocycles. The van der Waals surface area contributed by atoms with E-state index in [4.69, 9.17) is 10.3 Å². The number of anilines is 1. The number of aryl methyl sites for hydroxylation is 3. The van der Waals surface area contributed by atoms with Crippen molar-refractivity contribution in [2.75, 3.05) is 5.73 Å². The van der Waals surface area contributed by atoms with Gasteiger partial charge in [-0.15, -0.1) is 0 Å². The van der Waals surface area contributed by atoms with Crippen molar-refractivity contribution in [2.24, 2.45) is 0 Å². The van der Waals surface area contributed by atoms with Gasteiger partial charge in [-0.3, -0.25) is 0 Å². The van der Waals surface area contributed by atoms with E-state index in [0.717, 1.165) is 27.9 Å². The van der Waals surface area contributed by atoms with Crippen LogP contribution in [0.25, 0.3) is 22.4 Å². The minimum Gasteiger partial charge on any atom is -0.367 e. The molecule has 0 aliphatic heterocycles. The number of nitrogens with two attached hydrogens (primary N) is 1. The molecule has 3 nitrogen and oxygen atoms in total. The predicted molar refractivity (Wildman–Crippen MR) is 86.0 cm³/mol. The average molecular weight is 278 g/mol. The highest BCUT2D eigenvalue weighted by Crippen LogP contribution is 2.37. The minimum absolute atomic E-state index is 0.355. The first-order valence-electron chi connectivity index (χ1n) is 6.96. The molecule has 1 heterocycles. The molecule has 3 rings (SSSR count). The third-order valence-corrected chi connectivity index (χ3v) is 3.70. The molecule has 0 unspecified atom stereocenters. The van der Waals surface area contributed by atoms with Crippen LogP contribution in [0.15, 0.2) is 47.0 Å². The molecular formula is C18H18N2O. The molecule has 0 saturated heterocycles. The van der Waals surface area contributed by atoms with Crippen LogP contribution in [0.5, 0.6) is 0 Å². The van der Waals surface area contributed by atoms with Crippen LogP contribution in [0.1, 0.15) is 16.7 Å². The van der Waals surface area contributed by atoms with Gasteiger partial charge in [0.2, 0.25) is 5.88 Å². The van der Waals surface area contributed by atoms with Gasteiger partial charge in [-0.1, -0.05) is 58.7 Å². The fourth-order valence-electron chi connectivity index (χ4n) is 2.57. The van der Waals surface area contributed by atoms with Crippen molar-refractivity contribution >= 4 is 5.88 Å². The van der Waals surface area contributed by atoms with E-state index in [1.165, 1.54) is 11.1 Å². The van der Waals surface area contributed by atoms with Gasteiger partial charge in [0, 0.05) is 5.56 Å². The van der Waals surface area contributed by atoms with E-state index >= 15 is 0 Å². The molecule has 0 atom stereocenters. The van der Waals surface area contributed by atoms with Gasteiger partial charge in [0.05, 0.1) is 5.56 Å². The maximum Gasteiger partial charge on any atom is 0.230 e. The summed E-state index contributed by atoms with van der Waals surface area (Å²) in [6, 6.07) is 14.5. The van der Waals surface area contributed by atoms with Crippen LogP contribution in [0, 0.1) is 20.8 Å². The number of nitrogen functional groups attached to an aromatic ring is 1. The van der Waals surface area contributed by atoms with Crippen molar-refractivity contribution in [1.82, 2.24) is 5.16 Å². The third-order valence-electron chi connectivity index (χ3n) is 3.70. The van der Waals surface area contributed by atoms with Gasteiger partial charge in [0.25, 0.3) is 0 Å². The largest absolute Gasteiger partial charge is 0.367 e. The molecule has 0 spiro atoms. The molecule has 21 heavy (non-hydrogen) atoms. The summed E-state index contributed by atoms with van der Waals surface area (Å²) in [5.74, 6) is 0.355. The molecule has 106 valence electrons. The van der Waals surface area contributed by atoms with E-state index < -0.39 is 0 Å². The lowest BCUT2D eigenvalue weighted by atomic mass is 9.96. The average Bonchev–Trinajstić information content (AvgIpc) is 2.82. The maximum absolute atomic E-state index is 6.00. The van der Waals surface area contributed by atoms with Gasteiger partial charge < -0.3 is 10.3 Å². The van der Waals surface area contributed by atoms with Crippen LogP contribution in [0.2, 0.25) is 0 Å². The Hall–Kier alpha value is -2.55. The molecular weight excluding hydrogens is 260 g/mol. The number of hydrogen-bond donors (Lipinski definition) is 1. The van der Waals surface area contributed by atoms with Crippen molar-refractivity contribution in [3.63, 3.8) is 0 Å². The lowest BCUT2D eigenvalue weighted by molar-refractivity contribution is 0.439. The van der Waals surface area contributed by atoms with Crippen molar-refractivity contribution in [3.05, 3.63) is 59.2 Å². The van der Waals surface area contributed by atoms with Crippen LogP contribution in [-0.2, 0) is 0 Å². The molecule has 2 aromatic carbocycles. The van der Waals surface area contributed by atoms with Crippen molar-refractivity contribution < 1.29 is 4.52 Å². The van der Waals surface area contributed by atoms with Crippen molar-refractivity contribution in [1.29, 1.82) is 0 Å². The summed E-state index contributed by atoms with van der Waals surface area (Å²) in [6.45, 7) is 6.22. The predicted octanol–water partition coefficient (Wildman–Crippen LogP) is 4.52. The van der Waals surface area contributed by atoms with Gasteiger partial charge in [0.1, 0.15) is 5.69 Å². The second kappa shape index (κ2) is 5.09. The van der Waals surface area contributed by atoms with Gasteiger partial charge in [-0.2, -0.15) is 0 Å². The molecule has 0 bridgehead atoms. The normalized spacial score (nSPS) is 10.8. The van der Waals surface area contributed by atoms with E-state index in [0.29, 0.717) is 5.88 Å². The van der Waals surface area contributed by atoms with Crippen LogP contribution in [0.3, 0.4) is 0 Å². The molecule has 0 fully saturated rings. The Bertz CT molecular complexity index is 785. The topological polar surface area (TPSA) is 52.0 Å². The fourth-order valence-corrected chi connectivity index (χ4v) is 2.57. The Morgan fingerprint density at radius 1 is 0.905 bits per heavy atom. The van der Waals surface area contributed by atoms with Crippen LogP contribution >= 0.6 is 0 Å². The van der Waals surface area contributed by atoms with Crippen LogP contribution in [-0.4, -0.2) is 5.16 Å². The maximum atomic E-state index is 6.00. The third kappa shape index (κ3) is 2.42. The second-order valence-corrected chi connectivity index (χ2v) is 5.45. The number of hydrogen-bond acceptors (Lipinski definition) is 3. The lowest BCUT2D eigenvalue weighted by Crippen LogP contribution is -1.90. The summed E-state index contributed by atoms with van der Waals surface area (Å²) < 4.78 is 5.25. The smallest absolute Gasteiger partial charge is 0.230 e. The molecule has 2 N–H and O–H groups in total. The summed E-state index contributed by atoms with van der Waals surface area (Å²) in [4.78, 5) is 0. The Kier molecular flexibility index (Phi) is 3.26. The van der Waals surface area contributed by atoms with Gasteiger partial charge >= 0.3 is 0 Å². The summed E-state index contributed by atoms with van der Waals surface area (Å²) in [5.41, 5.74) is 13.3. The summed E-state index contributed by atoms with van der Waals surface area (Å²) in [6.07, 6.45) is 0. The lowest BCUT2D eigenvalue weighted by Gasteiger charge is -2.07. The fraction of sp³-hybridized carbons (Fsp3) is 0.167. The first kappa shape index (κ1) is 13.4. The standard InChI is InChI=1S/C18H18N2O/c1-11-4-7-14(8-5-11)16-17(20-21-18(16)19)15-9-6-12(2)10-13(15)3/h4-10H,19H2,1-3H3. The first-order valence-corrected chi connectivity index (χ1v) is 6.96. The van der Waals surface area contributed by atoms with Gasteiger partial charge in [-0.05, 0) is 31.9 Å². The number of aromatic nitrogens is 1. The SMILES string of the molecule is Cc1ccc(-c2c(-c3ccc(C)cc3C)noc2N)cc1. The molecule has 0 amide bonds. The van der Waals surface area contributed by atoms with Crippen molar-refractivity contribution in [3.8, 4) is 22.4 Å². The van der Waals surface area contributed by atoms with Crippen LogP contribution < -0.4 is 5.73 Å². The zero-order chi connectivity index (χ0) is 15.0. The zero-order valence-electron chi connectivity index (χ0n) is 12.5. The van der Waals surface area contributed by atoms with E-state index in [1.54, 1.807) is 0 Å². The Balaban J connectivity index is 2.19. The zero-order valence-corrected chi connectivity index (χ0v) is 12.5. The molecule has 0 aliphatic rings. The first-order chi connectivity index (χ1) is 10.1. The summed E-state index contributed by atoms with van der Waals surface area (Å²) in [7, 11) is 0. The van der Waals surface area contributed by atoms with Gasteiger partial charge in [-0.25, -0.2) is 0 Å². The molecule has 0 radical (unpaired) electrons. The molecule has 3 heteroatoms. The summed E-state index contributed by atoms with van der Waals surface area (Å²) >= 11 is 0. The Morgan fingerprint density at radius 2 is 1.57 bits per heavy atom.